The van der Waals surface area contributed by atoms with Crippen LogP contribution in [0.1, 0.15) is 11.1 Å². The highest BCUT2D eigenvalue weighted by atomic mass is 16.2. The third-order valence-electron chi connectivity index (χ3n) is 5.70. The molecule has 6 nitrogen and oxygen atoms in total. The summed E-state index contributed by atoms with van der Waals surface area (Å²) in [5.41, 5.74) is 3.98. The van der Waals surface area contributed by atoms with Crippen LogP contribution >= 0.6 is 0 Å². The zero-order chi connectivity index (χ0) is 22.3. The molecule has 32 heavy (non-hydrogen) atoms. The van der Waals surface area contributed by atoms with Crippen LogP contribution in [0.25, 0.3) is 11.1 Å². The first-order valence-corrected chi connectivity index (χ1v) is 10.7. The monoisotopic (exact) mass is 426 g/mol. The van der Waals surface area contributed by atoms with Crippen LogP contribution in [0.5, 0.6) is 0 Å². The van der Waals surface area contributed by atoms with Crippen LogP contribution in [-0.4, -0.2) is 57.3 Å². The third kappa shape index (κ3) is 4.91. The Morgan fingerprint density at radius 1 is 1.00 bits per heavy atom. The molecule has 3 aromatic rings. The molecule has 0 radical (unpaired) electrons. The molecule has 1 fully saturated rings. The van der Waals surface area contributed by atoms with Gasteiger partial charge >= 0.3 is 0 Å². The van der Waals surface area contributed by atoms with Crippen LogP contribution in [0.4, 0.5) is 0 Å². The number of rotatable bonds is 7. The van der Waals surface area contributed by atoms with Crippen molar-refractivity contribution in [2.24, 2.45) is 0 Å². The van der Waals surface area contributed by atoms with E-state index in [0.29, 0.717) is 26.1 Å². The summed E-state index contributed by atoms with van der Waals surface area (Å²) in [5, 5.41) is 0. The summed E-state index contributed by atoms with van der Waals surface area (Å²) >= 11 is 0. The molecule has 0 N–H and O–H groups in total. The van der Waals surface area contributed by atoms with Crippen LogP contribution < -0.4 is 0 Å². The molecule has 1 aliphatic heterocycles. The molecule has 4 rings (SSSR count). The fourth-order valence-corrected chi connectivity index (χ4v) is 4.10. The fourth-order valence-electron chi connectivity index (χ4n) is 4.10. The molecule has 1 aliphatic rings. The summed E-state index contributed by atoms with van der Waals surface area (Å²) in [6.45, 7) is 5.27. The van der Waals surface area contributed by atoms with Gasteiger partial charge in [-0.3, -0.25) is 19.6 Å². The van der Waals surface area contributed by atoms with E-state index in [2.05, 4.69) is 22.6 Å². The Hall–Kier alpha value is -3.80. The lowest BCUT2D eigenvalue weighted by atomic mass is 9.97. The van der Waals surface area contributed by atoms with Gasteiger partial charge in [-0.2, -0.15) is 0 Å². The highest BCUT2D eigenvalue weighted by Crippen LogP contribution is 2.23. The summed E-state index contributed by atoms with van der Waals surface area (Å²) in [6, 6.07) is 15.2. The van der Waals surface area contributed by atoms with Crippen molar-refractivity contribution in [3.63, 3.8) is 0 Å². The smallest absolute Gasteiger partial charge is 0.246 e. The number of benzene rings is 1. The summed E-state index contributed by atoms with van der Waals surface area (Å²) in [6.07, 6.45) is 9.33. The molecule has 0 spiro atoms. The summed E-state index contributed by atoms with van der Waals surface area (Å²) in [5.74, 6) is -0.0927. The molecule has 162 valence electrons. The van der Waals surface area contributed by atoms with Gasteiger partial charge < -0.3 is 9.80 Å². The number of pyridine rings is 2. The zero-order valence-electron chi connectivity index (χ0n) is 17.9. The predicted molar refractivity (Wildman–Crippen MR) is 124 cm³/mol. The minimum absolute atomic E-state index is 0.0370. The van der Waals surface area contributed by atoms with Gasteiger partial charge in [-0.05, 0) is 40.5 Å². The van der Waals surface area contributed by atoms with Crippen molar-refractivity contribution in [3.8, 4) is 11.1 Å². The van der Waals surface area contributed by atoms with Gasteiger partial charge in [0, 0.05) is 50.8 Å². The van der Waals surface area contributed by atoms with Crippen LogP contribution in [-0.2, 0) is 22.4 Å². The SMILES string of the molecule is C=CCN1CCN(C(=O)Cc2cccnc2)C(Cc2cccc(-c3ccncc3)c2)C1=O. The maximum atomic E-state index is 13.3. The lowest BCUT2D eigenvalue weighted by Crippen LogP contribution is -2.59. The molecular formula is C26H26N4O2. The van der Waals surface area contributed by atoms with Crippen LogP contribution in [0, 0.1) is 0 Å². The van der Waals surface area contributed by atoms with Gasteiger partial charge in [-0.25, -0.2) is 0 Å². The molecule has 0 aliphatic carbocycles. The minimum Gasteiger partial charge on any atom is -0.335 e. The van der Waals surface area contributed by atoms with Gasteiger partial charge in [0.25, 0.3) is 0 Å². The molecule has 0 saturated carbocycles. The highest BCUT2D eigenvalue weighted by molar-refractivity contribution is 5.90. The molecule has 3 heterocycles. The van der Waals surface area contributed by atoms with Crippen molar-refractivity contribution in [1.29, 1.82) is 0 Å². The van der Waals surface area contributed by atoms with Crippen LogP contribution in [0.15, 0.2) is 86.0 Å². The Bertz CT molecular complexity index is 1090. The summed E-state index contributed by atoms with van der Waals surface area (Å²) in [7, 11) is 0. The van der Waals surface area contributed by atoms with Gasteiger partial charge in [0.15, 0.2) is 0 Å². The van der Waals surface area contributed by atoms with Crippen molar-refractivity contribution in [1.82, 2.24) is 19.8 Å². The van der Waals surface area contributed by atoms with E-state index in [1.807, 2.05) is 42.5 Å². The molecule has 1 saturated heterocycles. The molecule has 6 heteroatoms. The number of nitrogens with zero attached hydrogens (tertiary/aromatic N) is 4. The van der Waals surface area contributed by atoms with Crippen molar-refractivity contribution < 1.29 is 9.59 Å². The predicted octanol–water partition coefficient (Wildman–Crippen LogP) is 3.15. The van der Waals surface area contributed by atoms with E-state index in [4.69, 9.17) is 0 Å². The van der Waals surface area contributed by atoms with Crippen LogP contribution in [0.2, 0.25) is 0 Å². The second kappa shape index (κ2) is 10.0. The van der Waals surface area contributed by atoms with E-state index in [1.165, 1.54) is 0 Å². The Balaban J connectivity index is 1.58. The van der Waals surface area contributed by atoms with E-state index in [-0.39, 0.29) is 18.2 Å². The van der Waals surface area contributed by atoms with Gasteiger partial charge in [0.2, 0.25) is 11.8 Å². The normalized spacial score (nSPS) is 16.1. The van der Waals surface area contributed by atoms with E-state index in [9.17, 15) is 9.59 Å². The summed E-state index contributed by atoms with van der Waals surface area (Å²) < 4.78 is 0. The second-order valence-corrected chi connectivity index (χ2v) is 7.85. The molecule has 1 aromatic carbocycles. The number of hydrogen-bond acceptors (Lipinski definition) is 4. The van der Waals surface area contributed by atoms with Crippen molar-refractivity contribution in [3.05, 3.63) is 97.1 Å². The van der Waals surface area contributed by atoms with Crippen molar-refractivity contribution in [2.45, 2.75) is 18.9 Å². The molecule has 2 amide bonds. The Morgan fingerprint density at radius 2 is 1.81 bits per heavy atom. The first kappa shape index (κ1) is 21.4. The number of carbonyl (C=O) groups excluding carboxylic acids is 2. The Kier molecular flexibility index (Phi) is 6.70. The average Bonchev–Trinajstić information content (AvgIpc) is 2.83. The van der Waals surface area contributed by atoms with E-state index in [0.717, 1.165) is 22.3 Å². The largest absolute Gasteiger partial charge is 0.335 e. The maximum absolute atomic E-state index is 13.3. The van der Waals surface area contributed by atoms with Gasteiger partial charge in [-0.1, -0.05) is 36.4 Å². The number of carbonyl (C=O) groups is 2. The van der Waals surface area contributed by atoms with Crippen LogP contribution in [0.3, 0.4) is 0 Å². The standard InChI is InChI=1S/C26H26N4O2/c1-2-13-29-14-15-30(25(31)18-21-6-4-10-28-19-21)24(26(29)32)17-20-5-3-7-23(16-20)22-8-11-27-12-9-22/h2-12,16,19,24H,1,13-15,17-18H2. The van der Waals surface area contributed by atoms with E-state index >= 15 is 0 Å². The third-order valence-corrected chi connectivity index (χ3v) is 5.70. The summed E-state index contributed by atoms with van der Waals surface area (Å²) in [4.78, 5) is 38.2. The Morgan fingerprint density at radius 3 is 2.56 bits per heavy atom. The number of amides is 2. The molecule has 1 unspecified atom stereocenters. The zero-order valence-corrected chi connectivity index (χ0v) is 17.9. The first-order valence-electron chi connectivity index (χ1n) is 10.7. The molecular weight excluding hydrogens is 400 g/mol. The number of aromatic nitrogens is 2. The second-order valence-electron chi connectivity index (χ2n) is 7.85. The van der Waals surface area contributed by atoms with Gasteiger partial charge in [0.1, 0.15) is 6.04 Å². The Labute approximate surface area is 188 Å². The molecule has 2 aromatic heterocycles. The minimum atomic E-state index is -0.541. The highest BCUT2D eigenvalue weighted by Gasteiger charge is 2.36. The lowest BCUT2D eigenvalue weighted by molar-refractivity contribution is -0.150. The van der Waals surface area contributed by atoms with Gasteiger partial charge in [0.05, 0.1) is 6.42 Å². The molecule has 1 atom stereocenters. The van der Waals surface area contributed by atoms with Crippen molar-refractivity contribution in [2.75, 3.05) is 19.6 Å². The lowest BCUT2D eigenvalue weighted by Gasteiger charge is -2.40. The quantitative estimate of drug-likeness (QED) is 0.545. The fraction of sp³-hybridized carbons (Fsp3) is 0.231. The number of piperazine rings is 1. The average molecular weight is 427 g/mol. The first-order chi connectivity index (χ1) is 15.7. The molecule has 0 bridgehead atoms. The van der Waals surface area contributed by atoms with E-state index < -0.39 is 6.04 Å². The number of hydrogen-bond donors (Lipinski definition) is 0. The topological polar surface area (TPSA) is 66.4 Å². The van der Waals surface area contributed by atoms with Gasteiger partial charge in [-0.15, -0.1) is 6.58 Å². The van der Waals surface area contributed by atoms with Crippen molar-refractivity contribution >= 4 is 11.8 Å². The van der Waals surface area contributed by atoms with E-state index in [1.54, 1.807) is 40.7 Å². The maximum Gasteiger partial charge on any atom is 0.246 e.